The van der Waals surface area contributed by atoms with Crippen LogP contribution in [0.2, 0.25) is 0 Å². The molecule has 5 heteroatoms. The molecule has 0 bridgehead atoms. The van der Waals surface area contributed by atoms with Gasteiger partial charge in [-0.15, -0.1) is 0 Å². The molecule has 0 aliphatic rings. The Morgan fingerprint density at radius 2 is 1.77 bits per heavy atom. The highest BCUT2D eigenvalue weighted by Crippen LogP contribution is 2.35. The van der Waals surface area contributed by atoms with Gasteiger partial charge in [0.05, 0.1) is 13.7 Å². The minimum Gasteiger partial charge on any atom is -0.497 e. The highest BCUT2D eigenvalue weighted by molar-refractivity contribution is 5.96. The van der Waals surface area contributed by atoms with Crippen LogP contribution in [0.15, 0.2) is 42.5 Å². The topological polar surface area (TPSA) is 43.4 Å². The quantitative estimate of drug-likeness (QED) is 0.359. The molecule has 3 aromatic rings. The molecule has 0 saturated heterocycles. The van der Waals surface area contributed by atoms with Crippen LogP contribution in [-0.4, -0.2) is 18.7 Å². The standard InChI is InChI=1S/C25H31FN2O2/c1-4-5-6-7-8-13-30-24-16-21(29-3)15-22-23(14-18(2)28-25(22)24)27-17-19-9-11-20(26)12-10-19/h9-12,14-16H,4-8,13,17H2,1-3H3,(H,27,28). The Kier molecular flexibility index (Phi) is 7.89. The van der Waals surface area contributed by atoms with E-state index < -0.39 is 0 Å². The molecule has 0 unspecified atom stereocenters. The second-order valence-electron chi connectivity index (χ2n) is 7.58. The summed E-state index contributed by atoms with van der Waals surface area (Å²) in [7, 11) is 1.66. The third-order valence-electron chi connectivity index (χ3n) is 5.12. The van der Waals surface area contributed by atoms with Gasteiger partial charge < -0.3 is 14.8 Å². The molecule has 4 nitrogen and oxygen atoms in total. The molecular weight excluding hydrogens is 379 g/mol. The minimum atomic E-state index is -0.231. The molecule has 1 heterocycles. The van der Waals surface area contributed by atoms with Crippen LogP contribution in [0.25, 0.3) is 10.9 Å². The third kappa shape index (κ3) is 5.85. The summed E-state index contributed by atoms with van der Waals surface area (Å²) >= 11 is 0. The van der Waals surface area contributed by atoms with Crippen molar-refractivity contribution >= 4 is 16.6 Å². The van der Waals surface area contributed by atoms with Gasteiger partial charge in [-0.2, -0.15) is 0 Å². The fourth-order valence-corrected chi connectivity index (χ4v) is 3.46. The van der Waals surface area contributed by atoms with E-state index in [0.29, 0.717) is 13.2 Å². The predicted molar refractivity (Wildman–Crippen MR) is 121 cm³/mol. The lowest BCUT2D eigenvalue weighted by Crippen LogP contribution is -2.04. The highest BCUT2D eigenvalue weighted by atomic mass is 19.1. The second kappa shape index (κ2) is 10.8. The first-order chi connectivity index (χ1) is 14.6. The molecule has 3 rings (SSSR count). The van der Waals surface area contributed by atoms with Crippen LogP contribution in [-0.2, 0) is 6.54 Å². The van der Waals surface area contributed by atoms with Gasteiger partial charge in [0.25, 0.3) is 0 Å². The first-order valence-corrected chi connectivity index (χ1v) is 10.7. The number of pyridine rings is 1. The molecule has 0 atom stereocenters. The summed E-state index contributed by atoms with van der Waals surface area (Å²) in [5.41, 5.74) is 3.69. The molecular formula is C25H31FN2O2. The lowest BCUT2D eigenvalue weighted by Gasteiger charge is -2.15. The fourth-order valence-electron chi connectivity index (χ4n) is 3.46. The maximum atomic E-state index is 13.2. The summed E-state index contributed by atoms with van der Waals surface area (Å²) < 4.78 is 24.8. The molecule has 0 amide bonds. The van der Waals surface area contributed by atoms with E-state index in [0.717, 1.165) is 45.8 Å². The number of aryl methyl sites for hydroxylation is 1. The normalized spacial score (nSPS) is 10.9. The second-order valence-corrected chi connectivity index (χ2v) is 7.58. The van der Waals surface area contributed by atoms with Crippen molar-refractivity contribution in [2.75, 3.05) is 19.0 Å². The molecule has 1 aromatic heterocycles. The molecule has 160 valence electrons. The van der Waals surface area contributed by atoms with Gasteiger partial charge in [0, 0.05) is 29.4 Å². The van der Waals surface area contributed by atoms with Crippen LogP contribution in [0.3, 0.4) is 0 Å². The number of rotatable bonds is 11. The molecule has 0 radical (unpaired) electrons. The number of hydrogen-bond acceptors (Lipinski definition) is 4. The van der Waals surface area contributed by atoms with Gasteiger partial charge in [0.15, 0.2) is 0 Å². The Labute approximate surface area is 178 Å². The Morgan fingerprint density at radius 1 is 1.00 bits per heavy atom. The number of aromatic nitrogens is 1. The first kappa shape index (κ1) is 21.9. The maximum Gasteiger partial charge on any atom is 0.149 e. The van der Waals surface area contributed by atoms with E-state index in [1.165, 1.54) is 37.8 Å². The average molecular weight is 411 g/mol. The Morgan fingerprint density at radius 3 is 2.50 bits per heavy atom. The van der Waals surface area contributed by atoms with Crippen molar-refractivity contribution < 1.29 is 13.9 Å². The summed E-state index contributed by atoms with van der Waals surface area (Å²) in [5, 5.41) is 4.41. The van der Waals surface area contributed by atoms with E-state index in [9.17, 15) is 4.39 Å². The van der Waals surface area contributed by atoms with E-state index in [1.807, 2.05) is 25.1 Å². The number of hydrogen-bond donors (Lipinski definition) is 1. The van der Waals surface area contributed by atoms with Gasteiger partial charge in [0.2, 0.25) is 0 Å². The van der Waals surface area contributed by atoms with E-state index in [2.05, 4.69) is 12.2 Å². The number of benzene rings is 2. The largest absolute Gasteiger partial charge is 0.497 e. The highest BCUT2D eigenvalue weighted by Gasteiger charge is 2.12. The van der Waals surface area contributed by atoms with Gasteiger partial charge >= 0.3 is 0 Å². The van der Waals surface area contributed by atoms with Crippen LogP contribution in [0.4, 0.5) is 10.1 Å². The number of anilines is 1. The van der Waals surface area contributed by atoms with Crippen LogP contribution >= 0.6 is 0 Å². The van der Waals surface area contributed by atoms with Crippen LogP contribution in [0.5, 0.6) is 11.5 Å². The van der Waals surface area contributed by atoms with E-state index in [1.54, 1.807) is 19.2 Å². The Hall–Kier alpha value is -2.82. The number of methoxy groups -OCH3 is 1. The van der Waals surface area contributed by atoms with Gasteiger partial charge in [0.1, 0.15) is 22.8 Å². The van der Waals surface area contributed by atoms with E-state index in [4.69, 9.17) is 14.5 Å². The minimum absolute atomic E-state index is 0.231. The Bertz CT molecular complexity index is 958. The number of nitrogens with zero attached hydrogens (tertiary/aromatic N) is 1. The Balaban J connectivity index is 1.82. The summed E-state index contributed by atoms with van der Waals surface area (Å²) in [6.07, 6.45) is 5.95. The molecule has 0 aliphatic heterocycles. The smallest absolute Gasteiger partial charge is 0.149 e. The first-order valence-electron chi connectivity index (χ1n) is 10.7. The molecule has 30 heavy (non-hydrogen) atoms. The number of unbranched alkanes of at least 4 members (excludes halogenated alkanes) is 4. The lowest BCUT2D eigenvalue weighted by atomic mass is 10.1. The molecule has 0 spiro atoms. The molecule has 2 aromatic carbocycles. The number of fused-ring (bicyclic) bond motifs is 1. The number of halogens is 1. The summed E-state index contributed by atoms with van der Waals surface area (Å²) in [6.45, 7) is 5.44. The van der Waals surface area contributed by atoms with Crippen LogP contribution in [0.1, 0.15) is 50.3 Å². The van der Waals surface area contributed by atoms with Crippen molar-refractivity contribution in [2.24, 2.45) is 0 Å². The SMILES string of the molecule is CCCCCCCOc1cc(OC)cc2c(NCc3ccc(F)cc3)cc(C)nc12. The number of ether oxygens (including phenoxy) is 2. The van der Waals surface area contributed by atoms with Crippen molar-refractivity contribution in [1.29, 1.82) is 0 Å². The zero-order chi connectivity index (χ0) is 21.3. The third-order valence-corrected chi connectivity index (χ3v) is 5.12. The molecule has 0 fully saturated rings. The van der Waals surface area contributed by atoms with E-state index >= 15 is 0 Å². The van der Waals surface area contributed by atoms with Crippen LogP contribution in [0, 0.1) is 12.7 Å². The predicted octanol–water partition coefficient (Wildman–Crippen LogP) is 6.65. The van der Waals surface area contributed by atoms with Gasteiger partial charge in [-0.25, -0.2) is 9.37 Å². The van der Waals surface area contributed by atoms with Crippen molar-refractivity contribution in [3.05, 3.63) is 59.5 Å². The number of nitrogens with one attached hydrogen (secondary N) is 1. The average Bonchev–Trinajstić information content (AvgIpc) is 2.75. The molecule has 0 saturated carbocycles. The monoisotopic (exact) mass is 410 g/mol. The zero-order valence-electron chi connectivity index (χ0n) is 18.1. The van der Waals surface area contributed by atoms with Crippen LogP contribution < -0.4 is 14.8 Å². The molecule has 1 N–H and O–H groups in total. The molecule has 0 aliphatic carbocycles. The van der Waals surface area contributed by atoms with Gasteiger partial charge in [-0.1, -0.05) is 44.7 Å². The van der Waals surface area contributed by atoms with Crippen molar-refractivity contribution in [3.8, 4) is 11.5 Å². The van der Waals surface area contributed by atoms with Crippen molar-refractivity contribution in [1.82, 2.24) is 4.98 Å². The fraction of sp³-hybridized carbons (Fsp3) is 0.400. The van der Waals surface area contributed by atoms with Crippen molar-refractivity contribution in [2.45, 2.75) is 52.5 Å². The summed E-state index contributed by atoms with van der Waals surface area (Å²) in [5.74, 6) is 1.25. The summed E-state index contributed by atoms with van der Waals surface area (Å²) in [4.78, 5) is 4.74. The van der Waals surface area contributed by atoms with Crippen molar-refractivity contribution in [3.63, 3.8) is 0 Å². The lowest BCUT2D eigenvalue weighted by molar-refractivity contribution is 0.305. The summed E-state index contributed by atoms with van der Waals surface area (Å²) in [6, 6.07) is 12.4. The van der Waals surface area contributed by atoms with E-state index in [-0.39, 0.29) is 5.82 Å². The zero-order valence-corrected chi connectivity index (χ0v) is 18.1. The van der Waals surface area contributed by atoms with Gasteiger partial charge in [-0.05, 0) is 43.2 Å². The maximum absolute atomic E-state index is 13.2. The van der Waals surface area contributed by atoms with Gasteiger partial charge in [-0.3, -0.25) is 0 Å².